The van der Waals surface area contributed by atoms with Crippen molar-refractivity contribution in [2.24, 2.45) is 5.10 Å². The second-order valence-electron chi connectivity index (χ2n) is 4.19. The van der Waals surface area contributed by atoms with E-state index in [2.05, 4.69) is 15.5 Å². The highest BCUT2D eigenvalue weighted by atomic mass is 16.2. The van der Waals surface area contributed by atoms with Crippen molar-refractivity contribution in [2.45, 2.75) is 13.8 Å². The molecule has 2 aromatic rings. The Hall–Kier alpha value is -2.49. The van der Waals surface area contributed by atoms with Crippen molar-refractivity contribution < 1.29 is 4.79 Å². The molecule has 1 aromatic carbocycles. The standard InChI is InChI=1S/C15H15N3O/c1-11-8-9-14(10-16-11)15(19)18-17-12(2)13-6-4-3-5-7-13/h3-10H,1-2H3,(H,18,19). The van der Waals surface area contributed by atoms with Gasteiger partial charge < -0.3 is 0 Å². The van der Waals surface area contributed by atoms with Crippen LogP contribution in [0.5, 0.6) is 0 Å². The molecule has 0 bridgehead atoms. The van der Waals surface area contributed by atoms with Gasteiger partial charge in [0.15, 0.2) is 0 Å². The second kappa shape index (κ2) is 5.91. The number of amides is 1. The molecule has 0 aliphatic carbocycles. The first-order valence-corrected chi connectivity index (χ1v) is 5.99. The molecule has 19 heavy (non-hydrogen) atoms. The average molecular weight is 253 g/mol. The first-order valence-electron chi connectivity index (χ1n) is 5.99. The summed E-state index contributed by atoms with van der Waals surface area (Å²) < 4.78 is 0. The number of aromatic nitrogens is 1. The Kier molecular flexibility index (Phi) is 4.03. The zero-order valence-electron chi connectivity index (χ0n) is 10.9. The number of hydrazone groups is 1. The van der Waals surface area contributed by atoms with Crippen molar-refractivity contribution in [1.82, 2.24) is 10.4 Å². The van der Waals surface area contributed by atoms with Gasteiger partial charge in [-0.25, -0.2) is 5.43 Å². The highest BCUT2D eigenvalue weighted by Crippen LogP contribution is 2.01. The number of pyridine rings is 1. The van der Waals surface area contributed by atoms with Crippen LogP contribution in [0.2, 0.25) is 0 Å². The normalized spacial score (nSPS) is 11.2. The van der Waals surface area contributed by atoms with Crippen LogP contribution in [0, 0.1) is 6.92 Å². The number of carbonyl (C=O) groups excluding carboxylic acids is 1. The molecule has 1 amide bonds. The SMILES string of the molecule is CC(=NNC(=O)c1ccc(C)nc1)c1ccccc1. The van der Waals surface area contributed by atoms with E-state index in [9.17, 15) is 4.79 Å². The Morgan fingerprint density at radius 2 is 1.84 bits per heavy atom. The fourth-order valence-corrected chi connectivity index (χ4v) is 1.55. The van der Waals surface area contributed by atoms with Crippen LogP contribution in [0.15, 0.2) is 53.8 Å². The molecule has 0 aliphatic rings. The summed E-state index contributed by atoms with van der Waals surface area (Å²) in [7, 11) is 0. The third-order valence-corrected chi connectivity index (χ3v) is 2.69. The number of hydrogen-bond acceptors (Lipinski definition) is 3. The monoisotopic (exact) mass is 253 g/mol. The molecule has 1 aromatic heterocycles. The smallest absolute Gasteiger partial charge is 0.267 e. The largest absolute Gasteiger partial charge is 0.272 e. The first-order chi connectivity index (χ1) is 9.16. The van der Waals surface area contributed by atoms with E-state index in [4.69, 9.17) is 0 Å². The lowest BCUT2D eigenvalue weighted by molar-refractivity contribution is 0.0954. The molecule has 4 heteroatoms. The molecule has 1 heterocycles. The molecule has 1 N–H and O–H groups in total. The molecule has 4 nitrogen and oxygen atoms in total. The molecule has 0 unspecified atom stereocenters. The summed E-state index contributed by atoms with van der Waals surface area (Å²) in [5.41, 5.74) is 5.63. The summed E-state index contributed by atoms with van der Waals surface area (Å²) in [6, 6.07) is 13.2. The van der Waals surface area contributed by atoms with Crippen molar-refractivity contribution in [3.8, 4) is 0 Å². The van der Waals surface area contributed by atoms with Gasteiger partial charge >= 0.3 is 0 Å². The predicted octanol–water partition coefficient (Wildman–Crippen LogP) is 2.54. The summed E-state index contributed by atoms with van der Waals surface area (Å²) in [4.78, 5) is 15.9. The molecule has 0 spiro atoms. The van der Waals surface area contributed by atoms with Gasteiger partial charge in [0.05, 0.1) is 11.3 Å². The summed E-state index contributed by atoms with van der Waals surface area (Å²) in [5.74, 6) is -0.261. The molecule has 0 atom stereocenters. The van der Waals surface area contributed by atoms with E-state index in [0.29, 0.717) is 5.56 Å². The van der Waals surface area contributed by atoms with Gasteiger partial charge in [0.1, 0.15) is 0 Å². The molecular weight excluding hydrogens is 238 g/mol. The van der Waals surface area contributed by atoms with Crippen LogP contribution < -0.4 is 5.43 Å². The number of nitrogens with zero attached hydrogens (tertiary/aromatic N) is 2. The molecule has 0 aliphatic heterocycles. The Morgan fingerprint density at radius 3 is 2.47 bits per heavy atom. The maximum Gasteiger partial charge on any atom is 0.272 e. The lowest BCUT2D eigenvalue weighted by atomic mass is 10.1. The highest BCUT2D eigenvalue weighted by Gasteiger charge is 2.04. The van der Waals surface area contributed by atoms with E-state index in [1.165, 1.54) is 6.20 Å². The van der Waals surface area contributed by atoms with E-state index in [-0.39, 0.29) is 5.91 Å². The molecule has 0 radical (unpaired) electrons. The third kappa shape index (κ3) is 3.48. The van der Waals surface area contributed by atoms with E-state index in [1.54, 1.807) is 12.1 Å². The lowest BCUT2D eigenvalue weighted by Gasteiger charge is -2.03. The zero-order chi connectivity index (χ0) is 13.7. The fourth-order valence-electron chi connectivity index (χ4n) is 1.55. The van der Waals surface area contributed by atoms with Crippen LogP contribution in [0.1, 0.15) is 28.5 Å². The summed E-state index contributed by atoms with van der Waals surface area (Å²) >= 11 is 0. The second-order valence-corrected chi connectivity index (χ2v) is 4.19. The van der Waals surface area contributed by atoms with E-state index < -0.39 is 0 Å². The first kappa shape index (κ1) is 13.0. The third-order valence-electron chi connectivity index (χ3n) is 2.69. The van der Waals surface area contributed by atoms with Gasteiger partial charge in [-0.3, -0.25) is 9.78 Å². The predicted molar refractivity (Wildman–Crippen MR) is 75.1 cm³/mol. The van der Waals surface area contributed by atoms with Crippen LogP contribution in [0.3, 0.4) is 0 Å². The summed E-state index contributed by atoms with van der Waals surface area (Å²) in [6.45, 7) is 3.72. The topological polar surface area (TPSA) is 54.4 Å². The fraction of sp³-hybridized carbons (Fsp3) is 0.133. The maximum absolute atomic E-state index is 11.8. The van der Waals surface area contributed by atoms with Crippen molar-refractivity contribution >= 4 is 11.6 Å². The molecule has 0 saturated heterocycles. The number of hydrogen-bond donors (Lipinski definition) is 1. The minimum absolute atomic E-state index is 0.261. The summed E-state index contributed by atoms with van der Waals surface area (Å²) in [6.07, 6.45) is 1.54. The minimum atomic E-state index is -0.261. The minimum Gasteiger partial charge on any atom is -0.267 e. The quantitative estimate of drug-likeness (QED) is 0.675. The maximum atomic E-state index is 11.8. The van der Waals surface area contributed by atoms with Crippen molar-refractivity contribution in [3.05, 3.63) is 65.5 Å². The number of nitrogens with one attached hydrogen (secondary N) is 1. The number of rotatable bonds is 3. The Bertz CT molecular complexity index is 589. The van der Waals surface area contributed by atoms with Crippen molar-refractivity contribution in [1.29, 1.82) is 0 Å². The molecular formula is C15H15N3O. The van der Waals surface area contributed by atoms with Crippen LogP contribution >= 0.6 is 0 Å². The lowest BCUT2D eigenvalue weighted by Crippen LogP contribution is -2.19. The van der Waals surface area contributed by atoms with Crippen molar-refractivity contribution in [3.63, 3.8) is 0 Å². The zero-order valence-corrected chi connectivity index (χ0v) is 10.9. The van der Waals surface area contributed by atoms with Gasteiger partial charge in [-0.15, -0.1) is 0 Å². The molecule has 0 saturated carbocycles. The Morgan fingerprint density at radius 1 is 1.11 bits per heavy atom. The van der Waals surface area contributed by atoms with E-state index in [0.717, 1.165) is 17.0 Å². The Labute approximate surface area is 112 Å². The van der Waals surface area contributed by atoms with Crippen molar-refractivity contribution in [2.75, 3.05) is 0 Å². The van der Waals surface area contributed by atoms with Gasteiger partial charge in [0.25, 0.3) is 5.91 Å². The van der Waals surface area contributed by atoms with Gasteiger partial charge in [-0.05, 0) is 31.5 Å². The van der Waals surface area contributed by atoms with Gasteiger partial charge in [-0.1, -0.05) is 30.3 Å². The van der Waals surface area contributed by atoms with Gasteiger partial charge in [0, 0.05) is 11.9 Å². The number of carbonyl (C=O) groups is 1. The van der Waals surface area contributed by atoms with Gasteiger partial charge in [0.2, 0.25) is 0 Å². The van der Waals surface area contributed by atoms with Crippen LogP contribution in [0.25, 0.3) is 0 Å². The van der Waals surface area contributed by atoms with Crippen LogP contribution in [0.4, 0.5) is 0 Å². The highest BCUT2D eigenvalue weighted by molar-refractivity contribution is 6.00. The van der Waals surface area contributed by atoms with Crippen LogP contribution in [-0.2, 0) is 0 Å². The number of benzene rings is 1. The van der Waals surface area contributed by atoms with Gasteiger partial charge in [-0.2, -0.15) is 5.10 Å². The average Bonchev–Trinajstić information content (AvgIpc) is 2.46. The van der Waals surface area contributed by atoms with E-state index in [1.807, 2.05) is 44.2 Å². The van der Waals surface area contributed by atoms with Crippen LogP contribution in [-0.4, -0.2) is 16.6 Å². The molecule has 0 fully saturated rings. The van der Waals surface area contributed by atoms with E-state index >= 15 is 0 Å². The number of aryl methyl sites for hydroxylation is 1. The Balaban J connectivity index is 2.06. The molecule has 2 rings (SSSR count). The molecule has 96 valence electrons. The summed E-state index contributed by atoms with van der Waals surface area (Å²) in [5, 5.41) is 4.08.